The molecule has 1 aromatic carbocycles. The highest BCUT2D eigenvalue weighted by molar-refractivity contribution is 5.76. The highest BCUT2D eigenvalue weighted by Crippen LogP contribution is 2.12. The number of benzene rings is 1. The highest BCUT2D eigenvalue weighted by Gasteiger charge is 2.19. The summed E-state index contributed by atoms with van der Waals surface area (Å²) in [4.78, 5) is 14.2. The van der Waals surface area contributed by atoms with E-state index in [9.17, 15) is 4.79 Å². The van der Waals surface area contributed by atoms with Crippen molar-refractivity contribution in [3.8, 4) is 0 Å². The summed E-state index contributed by atoms with van der Waals surface area (Å²) in [5.41, 5.74) is 3.88. The minimum absolute atomic E-state index is 0.284. The summed E-state index contributed by atoms with van der Waals surface area (Å²) in [6.45, 7) is 8.96. The normalized spacial score (nSPS) is 19.5. The summed E-state index contributed by atoms with van der Waals surface area (Å²) in [5, 5.41) is 3.36. The maximum atomic E-state index is 12.2. The molecule has 2 rings (SSSR count). The van der Waals surface area contributed by atoms with Crippen LogP contribution in [0, 0.1) is 13.8 Å². The maximum absolute atomic E-state index is 12.2. The third-order valence-corrected chi connectivity index (χ3v) is 3.92. The number of carbonyl (C=O) groups is 1. The van der Waals surface area contributed by atoms with Gasteiger partial charge in [0.25, 0.3) is 0 Å². The largest absolute Gasteiger partial charge is 0.340 e. The van der Waals surface area contributed by atoms with E-state index < -0.39 is 0 Å². The Morgan fingerprint density at radius 2 is 2.16 bits per heavy atom. The minimum atomic E-state index is 0.284. The third-order valence-electron chi connectivity index (χ3n) is 3.92. The molecule has 0 saturated carbocycles. The van der Waals surface area contributed by atoms with Crippen molar-refractivity contribution in [1.82, 2.24) is 10.2 Å². The van der Waals surface area contributed by atoms with Gasteiger partial charge in [0.2, 0.25) is 5.91 Å². The molecule has 0 aliphatic carbocycles. The molecule has 0 radical (unpaired) electrons. The lowest BCUT2D eigenvalue weighted by Crippen LogP contribution is -2.51. The summed E-state index contributed by atoms with van der Waals surface area (Å²) in [6, 6.07) is 6.89. The number of aryl methyl sites for hydroxylation is 3. The van der Waals surface area contributed by atoms with E-state index in [1.807, 2.05) is 4.90 Å². The zero-order valence-corrected chi connectivity index (χ0v) is 12.2. The molecule has 1 heterocycles. The van der Waals surface area contributed by atoms with Crippen LogP contribution in [0.5, 0.6) is 0 Å². The van der Waals surface area contributed by atoms with Crippen LogP contribution in [0.4, 0.5) is 0 Å². The molecule has 104 valence electrons. The van der Waals surface area contributed by atoms with Crippen molar-refractivity contribution in [2.24, 2.45) is 0 Å². The van der Waals surface area contributed by atoms with Crippen molar-refractivity contribution in [2.75, 3.05) is 19.6 Å². The summed E-state index contributed by atoms with van der Waals surface area (Å²) in [6.07, 6.45) is 1.47. The van der Waals surface area contributed by atoms with Gasteiger partial charge in [0, 0.05) is 32.1 Å². The lowest BCUT2D eigenvalue weighted by molar-refractivity contribution is -0.132. The molecular formula is C16H24N2O. The van der Waals surface area contributed by atoms with E-state index >= 15 is 0 Å². The average molecular weight is 260 g/mol. The van der Waals surface area contributed by atoms with Crippen LogP contribution >= 0.6 is 0 Å². The van der Waals surface area contributed by atoms with E-state index in [2.05, 4.69) is 44.3 Å². The van der Waals surface area contributed by atoms with Crippen LogP contribution in [0.25, 0.3) is 0 Å². The zero-order valence-electron chi connectivity index (χ0n) is 12.2. The van der Waals surface area contributed by atoms with Crippen LogP contribution in [0.2, 0.25) is 0 Å². The number of hydrogen-bond donors (Lipinski definition) is 1. The average Bonchev–Trinajstić information content (AvgIpc) is 2.40. The molecular weight excluding hydrogens is 236 g/mol. The number of nitrogens with one attached hydrogen (secondary N) is 1. The molecule has 1 aliphatic rings. The predicted octanol–water partition coefficient (Wildman–Crippen LogP) is 2.06. The van der Waals surface area contributed by atoms with Gasteiger partial charge in [-0.3, -0.25) is 4.79 Å². The van der Waals surface area contributed by atoms with Crippen molar-refractivity contribution in [2.45, 2.75) is 39.7 Å². The predicted molar refractivity (Wildman–Crippen MR) is 78.3 cm³/mol. The quantitative estimate of drug-likeness (QED) is 0.902. The molecule has 0 bridgehead atoms. The van der Waals surface area contributed by atoms with Crippen LogP contribution < -0.4 is 5.32 Å². The number of nitrogens with zero attached hydrogens (tertiary/aromatic N) is 1. The molecule has 1 N–H and O–H groups in total. The molecule has 0 aromatic heterocycles. The van der Waals surface area contributed by atoms with Gasteiger partial charge in [-0.05, 0) is 43.9 Å². The Bertz CT molecular complexity index is 456. The Morgan fingerprint density at radius 3 is 2.84 bits per heavy atom. The van der Waals surface area contributed by atoms with E-state index in [0.29, 0.717) is 12.5 Å². The molecule has 1 unspecified atom stereocenters. The first kappa shape index (κ1) is 14.1. The number of carbonyl (C=O) groups excluding carboxylic acids is 1. The number of amides is 1. The molecule has 1 amide bonds. The number of hydrogen-bond acceptors (Lipinski definition) is 2. The fourth-order valence-corrected chi connectivity index (χ4v) is 2.53. The van der Waals surface area contributed by atoms with Gasteiger partial charge in [0.1, 0.15) is 0 Å². The Labute approximate surface area is 116 Å². The molecule has 1 saturated heterocycles. The Hall–Kier alpha value is -1.35. The smallest absolute Gasteiger partial charge is 0.222 e. The topological polar surface area (TPSA) is 32.3 Å². The van der Waals surface area contributed by atoms with Gasteiger partial charge in [-0.1, -0.05) is 18.2 Å². The fraction of sp³-hybridized carbons (Fsp3) is 0.562. The van der Waals surface area contributed by atoms with Crippen molar-refractivity contribution in [3.63, 3.8) is 0 Å². The molecule has 19 heavy (non-hydrogen) atoms. The van der Waals surface area contributed by atoms with Gasteiger partial charge < -0.3 is 10.2 Å². The molecule has 3 heteroatoms. The van der Waals surface area contributed by atoms with E-state index in [-0.39, 0.29) is 5.91 Å². The van der Waals surface area contributed by atoms with Crippen LogP contribution in [0.3, 0.4) is 0 Å². The van der Waals surface area contributed by atoms with Crippen LogP contribution in [-0.2, 0) is 11.2 Å². The van der Waals surface area contributed by atoms with Crippen LogP contribution in [-0.4, -0.2) is 36.5 Å². The van der Waals surface area contributed by atoms with Crippen LogP contribution in [0.15, 0.2) is 18.2 Å². The van der Waals surface area contributed by atoms with E-state index in [4.69, 9.17) is 0 Å². The van der Waals surface area contributed by atoms with Gasteiger partial charge in [-0.2, -0.15) is 0 Å². The van der Waals surface area contributed by atoms with Gasteiger partial charge in [-0.15, -0.1) is 0 Å². The fourth-order valence-electron chi connectivity index (χ4n) is 2.53. The van der Waals surface area contributed by atoms with E-state index in [0.717, 1.165) is 26.1 Å². The second-order valence-electron chi connectivity index (χ2n) is 5.61. The Kier molecular flexibility index (Phi) is 4.59. The molecule has 1 fully saturated rings. The first-order valence-corrected chi connectivity index (χ1v) is 7.13. The van der Waals surface area contributed by atoms with Crippen molar-refractivity contribution in [3.05, 3.63) is 34.9 Å². The van der Waals surface area contributed by atoms with Crippen molar-refractivity contribution < 1.29 is 4.79 Å². The van der Waals surface area contributed by atoms with E-state index in [1.54, 1.807) is 0 Å². The van der Waals surface area contributed by atoms with Gasteiger partial charge in [-0.25, -0.2) is 0 Å². The first-order valence-electron chi connectivity index (χ1n) is 7.13. The zero-order chi connectivity index (χ0) is 13.8. The molecule has 0 spiro atoms. The lowest BCUT2D eigenvalue weighted by atomic mass is 10.0. The summed E-state index contributed by atoms with van der Waals surface area (Å²) < 4.78 is 0. The summed E-state index contributed by atoms with van der Waals surface area (Å²) in [5.74, 6) is 0.284. The molecule has 1 atom stereocenters. The van der Waals surface area contributed by atoms with E-state index in [1.165, 1.54) is 16.7 Å². The van der Waals surface area contributed by atoms with Crippen LogP contribution in [0.1, 0.15) is 30.0 Å². The Morgan fingerprint density at radius 1 is 1.37 bits per heavy atom. The second-order valence-corrected chi connectivity index (χ2v) is 5.61. The maximum Gasteiger partial charge on any atom is 0.222 e. The van der Waals surface area contributed by atoms with Gasteiger partial charge >= 0.3 is 0 Å². The highest BCUT2D eigenvalue weighted by atomic mass is 16.2. The standard InChI is InChI=1S/C16H24N2O/c1-12-4-5-15(10-13(12)2)6-7-16(19)18-9-8-17-14(3)11-18/h4-5,10,14,17H,6-9,11H2,1-3H3. The van der Waals surface area contributed by atoms with Crippen molar-refractivity contribution in [1.29, 1.82) is 0 Å². The summed E-state index contributed by atoms with van der Waals surface area (Å²) in [7, 11) is 0. The number of rotatable bonds is 3. The Balaban J connectivity index is 1.87. The SMILES string of the molecule is Cc1ccc(CCC(=O)N2CCNC(C)C2)cc1C. The molecule has 1 aliphatic heterocycles. The molecule has 3 nitrogen and oxygen atoms in total. The molecule has 1 aromatic rings. The lowest BCUT2D eigenvalue weighted by Gasteiger charge is -2.32. The monoisotopic (exact) mass is 260 g/mol. The first-order chi connectivity index (χ1) is 9.06. The third kappa shape index (κ3) is 3.80. The van der Waals surface area contributed by atoms with Gasteiger partial charge in [0.05, 0.1) is 0 Å². The van der Waals surface area contributed by atoms with Gasteiger partial charge in [0.15, 0.2) is 0 Å². The second kappa shape index (κ2) is 6.20. The minimum Gasteiger partial charge on any atom is -0.340 e. The summed E-state index contributed by atoms with van der Waals surface area (Å²) >= 11 is 0. The van der Waals surface area contributed by atoms with Crippen molar-refractivity contribution >= 4 is 5.91 Å². The number of piperazine rings is 1.